The highest BCUT2D eigenvalue weighted by atomic mass is 16.5. The van der Waals surface area contributed by atoms with Crippen LogP contribution in [0.25, 0.3) is 0 Å². The molecule has 5 nitrogen and oxygen atoms in total. The molecule has 1 heterocycles. The Bertz CT molecular complexity index is 426. The van der Waals surface area contributed by atoms with Crippen molar-refractivity contribution in [2.75, 3.05) is 33.9 Å². The zero-order valence-corrected chi connectivity index (χ0v) is 12.0. The molecule has 1 aliphatic rings. The highest BCUT2D eigenvalue weighted by Crippen LogP contribution is 2.22. The Kier molecular flexibility index (Phi) is 5.11. The standard InChI is InChI=1S/C15H22N2O3/c1-19-13-9-17(10-14(13)20-2)15(18)12(8-16)11-6-4-3-5-7-11/h3-7,12-14H,8-10,16H2,1-2H3. The summed E-state index contributed by atoms with van der Waals surface area (Å²) in [7, 11) is 3.28. The largest absolute Gasteiger partial charge is 0.377 e. The monoisotopic (exact) mass is 278 g/mol. The van der Waals surface area contributed by atoms with Crippen molar-refractivity contribution in [1.29, 1.82) is 0 Å². The van der Waals surface area contributed by atoms with Gasteiger partial charge < -0.3 is 20.1 Å². The smallest absolute Gasteiger partial charge is 0.231 e. The number of amides is 1. The molecule has 2 rings (SSSR count). The topological polar surface area (TPSA) is 64.8 Å². The van der Waals surface area contributed by atoms with Crippen molar-refractivity contribution in [1.82, 2.24) is 4.90 Å². The van der Waals surface area contributed by atoms with E-state index in [-0.39, 0.29) is 24.0 Å². The van der Waals surface area contributed by atoms with Gasteiger partial charge in [0.25, 0.3) is 0 Å². The molecule has 0 aromatic heterocycles. The number of hydrogen-bond donors (Lipinski definition) is 1. The van der Waals surface area contributed by atoms with Gasteiger partial charge in [0.15, 0.2) is 0 Å². The lowest BCUT2D eigenvalue weighted by Gasteiger charge is -2.22. The predicted molar refractivity (Wildman–Crippen MR) is 76.4 cm³/mol. The highest BCUT2D eigenvalue weighted by molar-refractivity contribution is 5.84. The van der Waals surface area contributed by atoms with Crippen LogP contribution >= 0.6 is 0 Å². The number of carbonyl (C=O) groups is 1. The van der Waals surface area contributed by atoms with Gasteiger partial charge in [-0.1, -0.05) is 30.3 Å². The maximum absolute atomic E-state index is 12.6. The first-order valence-electron chi connectivity index (χ1n) is 6.80. The summed E-state index contributed by atoms with van der Waals surface area (Å²) < 4.78 is 10.7. The number of ether oxygens (including phenoxy) is 2. The number of rotatable bonds is 5. The number of likely N-dealkylation sites (tertiary alicyclic amines) is 1. The van der Waals surface area contributed by atoms with Gasteiger partial charge in [0.2, 0.25) is 5.91 Å². The second-order valence-electron chi connectivity index (χ2n) is 4.99. The van der Waals surface area contributed by atoms with Crippen molar-refractivity contribution in [2.24, 2.45) is 5.73 Å². The molecule has 0 radical (unpaired) electrons. The summed E-state index contributed by atoms with van der Waals surface area (Å²) in [6.07, 6.45) is -0.142. The van der Waals surface area contributed by atoms with Gasteiger partial charge in [0.1, 0.15) is 12.2 Å². The van der Waals surface area contributed by atoms with Gasteiger partial charge in [-0.3, -0.25) is 4.79 Å². The molecule has 5 heteroatoms. The van der Waals surface area contributed by atoms with Crippen LogP contribution in [0.4, 0.5) is 0 Å². The minimum absolute atomic E-state index is 0.0419. The SMILES string of the molecule is COC1CN(C(=O)C(CN)c2ccccc2)CC1OC. The summed E-state index contributed by atoms with van der Waals surface area (Å²) >= 11 is 0. The number of hydrogen-bond acceptors (Lipinski definition) is 4. The van der Waals surface area contributed by atoms with Gasteiger partial charge in [-0.2, -0.15) is 0 Å². The fraction of sp³-hybridized carbons (Fsp3) is 0.533. The molecule has 20 heavy (non-hydrogen) atoms. The van der Waals surface area contributed by atoms with Crippen LogP contribution in [0.2, 0.25) is 0 Å². The molecule has 0 aliphatic carbocycles. The van der Waals surface area contributed by atoms with Crippen LogP contribution in [-0.2, 0) is 14.3 Å². The van der Waals surface area contributed by atoms with E-state index in [1.165, 1.54) is 0 Å². The lowest BCUT2D eigenvalue weighted by molar-refractivity contribution is -0.132. The third-order valence-electron chi connectivity index (χ3n) is 3.87. The van der Waals surface area contributed by atoms with E-state index in [0.29, 0.717) is 19.6 Å². The molecule has 1 fully saturated rings. The average molecular weight is 278 g/mol. The van der Waals surface area contributed by atoms with Crippen molar-refractivity contribution in [3.63, 3.8) is 0 Å². The first-order valence-corrected chi connectivity index (χ1v) is 6.80. The van der Waals surface area contributed by atoms with E-state index in [4.69, 9.17) is 15.2 Å². The summed E-state index contributed by atoms with van der Waals surface area (Å²) in [4.78, 5) is 14.4. The molecule has 0 spiro atoms. The zero-order valence-electron chi connectivity index (χ0n) is 12.0. The number of methoxy groups -OCH3 is 2. The van der Waals surface area contributed by atoms with E-state index >= 15 is 0 Å². The van der Waals surface area contributed by atoms with Crippen molar-refractivity contribution in [3.05, 3.63) is 35.9 Å². The summed E-state index contributed by atoms with van der Waals surface area (Å²) in [5.41, 5.74) is 6.75. The normalized spacial score (nSPS) is 23.9. The predicted octanol–water partition coefficient (Wildman–Crippen LogP) is 0.601. The van der Waals surface area contributed by atoms with Gasteiger partial charge in [0.05, 0.1) is 5.92 Å². The molecule has 1 aromatic rings. The lowest BCUT2D eigenvalue weighted by atomic mass is 9.98. The first-order chi connectivity index (χ1) is 9.71. The Morgan fingerprint density at radius 3 is 2.25 bits per heavy atom. The molecule has 0 bridgehead atoms. The molecule has 2 N–H and O–H groups in total. The third-order valence-corrected chi connectivity index (χ3v) is 3.87. The van der Waals surface area contributed by atoms with E-state index in [2.05, 4.69) is 0 Å². The Balaban J connectivity index is 2.10. The van der Waals surface area contributed by atoms with E-state index in [1.807, 2.05) is 30.3 Å². The van der Waals surface area contributed by atoms with Crippen LogP contribution < -0.4 is 5.73 Å². The van der Waals surface area contributed by atoms with Gasteiger partial charge in [-0.15, -0.1) is 0 Å². The van der Waals surface area contributed by atoms with E-state index in [9.17, 15) is 4.79 Å². The number of nitrogens with zero attached hydrogens (tertiary/aromatic N) is 1. The highest BCUT2D eigenvalue weighted by Gasteiger charge is 2.37. The number of carbonyl (C=O) groups excluding carboxylic acids is 1. The fourth-order valence-electron chi connectivity index (χ4n) is 2.66. The van der Waals surface area contributed by atoms with Crippen molar-refractivity contribution < 1.29 is 14.3 Å². The minimum atomic E-state index is -0.302. The van der Waals surface area contributed by atoms with Crippen LogP contribution in [0.1, 0.15) is 11.5 Å². The molecule has 1 aromatic carbocycles. The molecule has 1 aliphatic heterocycles. The average Bonchev–Trinajstić information content (AvgIpc) is 2.92. The van der Waals surface area contributed by atoms with Gasteiger partial charge >= 0.3 is 0 Å². The van der Waals surface area contributed by atoms with Gasteiger partial charge in [-0.05, 0) is 5.56 Å². The molecule has 0 saturated carbocycles. The molecular weight excluding hydrogens is 256 g/mol. The molecule has 1 saturated heterocycles. The maximum Gasteiger partial charge on any atom is 0.231 e. The number of nitrogens with two attached hydrogens (primary N) is 1. The molecule has 110 valence electrons. The second kappa shape index (κ2) is 6.83. The fourth-order valence-corrected chi connectivity index (χ4v) is 2.66. The first kappa shape index (κ1) is 15.0. The summed E-state index contributed by atoms with van der Waals surface area (Å²) in [6.45, 7) is 1.41. The molecule has 3 unspecified atom stereocenters. The summed E-state index contributed by atoms with van der Waals surface area (Å²) in [6, 6.07) is 9.65. The third kappa shape index (κ3) is 3.00. The quantitative estimate of drug-likeness (QED) is 0.856. The molecule has 3 atom stereocenters. The van der Waals surface area contributed by atoms with E-state index < -0.39 is 0 Å². The van der Waals surface area contributed by atoms with Crippen molar-refractivity contribution in [2.45, 2.75) is 18.1 Å². The van der Waals surface area contributed by atoms with Crippen LogP contribution in [0, 0.1) is 0 Å². The van der Waals surface area contributed by atoms with Gasteiger partial charge in [-0.25, -0.2) is 0 Å². The van der Waals surface area contributed by atoms with Crippen LogP contribution in [0.15, 0.2) is 30.3 Å². The summed E-state index contributed by atoms with van der Waals surface area (Å²) in [5, 5.41) is 0. The van der Waals surface area contributed by atoms with Crippen LogP contribution in [0.3, 0.4) is 0 Å². The Labute approximate surface area is 119 Å². The van der Waals surface area contributed by atoms with Crippen molar-refractivity contribution >= 4 is 5.91 Å². The van der Waals surface area contributed by atoms with Gasteiger partial charge in [0, 0.05) is 33.9 Å². The van der Waals surface area contributed by atoms with E-state index in [1.54, 1.807) is 19.1 Å². The second-order valence-corrected chi connectivity index (χ2v) is 4.99. The zero-order chi connectivity index (χ0) is 14.5. The minimum Gasteiger partial charge on any atom is -0.377 e. The lowest BCUT2D eigenvalue weighted by Crippen LogP contribution is -2.37. The van der Waals surface area contributed by atoms with E-state index in [0.717, 1.165) is 5.56 Å². The maximum atomic E-state index is 12.6. The van der Waals surface area contributed by atoms with Crippen LogP contribution in [-0.4, -0.2) is 56.9 Å². The van der Waals surface area contributed by atoms with Crippen molar-refractivity contribution in [3.8, 4) is 0 Å². The number of benzene rings is 1. The molecule has 1 amide bonds. The summed E-state index contributed by atoms with van der Waals surface area (Å²) in [5.74, 6) is -0.260. The Morgan fingerprint density at radius 1 is 1.25 bits per heavy atom. The van der Waals surface area contributed by atoms with Crippen LogP contribution in [0.5, 0.6) is 0 Å². The Hall–Kier alpha value is -1.43. The Morgan fingerprint density at radius 2 is 1.80 bits per heavy atom. The molecular formula is C15H22N2O3.